The Morgan fingerprint density at radius 3 is 2.50 bits per heavy atom. The van der Waals surface area contributed by atoms with Gasteiger partial charge in [0.2, 0.25) is 0 Å². The van der Waals surface area contributed by atoms with Crippen LogP contribution >= 0.6 is 0 Å². The van der Waals surface area contributed by atoms with E-state index in [0.29, 0.717) is 12.2 Å². The van der Waals surface area contributed by atoms with Crippen LogP contribution < -0.4 is 14.8 Å². The number of nitrogens with one attached hydrogen (secondary N) is 2. The van der Waals surface area contributed by atoms with Gasteiger partial charge < -0.3 is 14.8 Å². The van der Waals surface area contributed by atoms with Crippen LogP contribution in [0.25, 0.3) is 0 Å². The molecule has 0 bridgehead atoms. The van der Waals surface area contributed by atoms with Crippen LogP contribution in [0.15, 0.2) is 47.4 Å². The van der Waals surface area contributed by atoms with Gasteiger partial charge in [-0.2, -0.15) is 0 Å². The summed E-state index contributed by atoms with van der Waals surface area (Å²) < 4.78 is 39.1. The standard InChI is InChI=1S/C23H31N3O5S/c1-3-18-5-8-20(9-6-18)25-32(28,29)22-17-19(7-10-21(22)30-2)23(27)24-11-4-12-26-13-15-31-16-14-26/h5-10,17,25H,3-4,11-16H2,1-2H3,(H,24,27). The van der Waals surface area contributed by atoms with E-state index in [0.717, 1.165) is 51.3 Å². The van der Waals surface area contributed by atoms with Gasteiger partial charge >= 0.3 is 0 Å². The van der Waals surface area contributed by atoms with Crippen molar-refractivity contribution in [2.45, 2.75) is 24.7 Å². The predicted molar refractivity (Wildman–Crippen MR) is 124 cm³/mol. The first-order valence-electron chi connectivity index (χ1n) is 10.8. The molecule has 1 saturated heterocycles. The van der Waals surface area contributed by atoms with Gasteiger partial charge in [-0.3, -0.25) is 14.4 Å². The molecule has 0 saturated carbocycles. The average molecular weight is 462 g/mol. The number of hydrogen-bond donors (Lipinski definition) is 2. The Hall–Kier alpha value is -2.62. The van der Waals surface area contributed by atoms with Crippen LogP contribution in [-0.2, 0) is 21.2 Å². The third kappa shape index (κ3) is 6.44. The molecule has 1 heterocycles. The smallest absolute Gasteiger partial charge is 0.265 e. The summed E-state index contributed by atoms with van der Waals surface area (Å²) >= 11 is 0. The van der Waals surface area contributed by atoms with E-state index in [2.05, 4.69) is 14.9 Å². The fraction of sp³-hybridized carbons (Fsp3) is 0.435. The van der Waals surface area contributed by atoms with E-state index in [9.17, 15) is 13.2 Å². The van der Waals surface area contributed by atoms with Crippen LogP contribution in [0.5, 0.6) is 5.75 Å². The van der Waals surface area contributed by atoms with Gasteiger partial charge in [-0.1, -0.05) is 19.1 Å². The van der Waals surface area contributed by atoms with E-state index >= 15 is 0 Å². The second-order valence-corrected chi connectivity index (χ2v) is 9.24. The van der Waals surface area contributed by atoms with Crippen LogP contribution in [0.1, 0.15) is 29.3 Å². The summed E-state index contributed by atoms with van der Waals surface area (Å²) in [6.45, 7) is 6.71. The molecule has 1 amide bonds. The Kier molecular flexibility index (Phi) is 8.49. The van der Waals surface area contributed by atoms with Gasteiger partial charge in [0.25, 0.3) is 15.9 Å². The van der Waals surface area contributed by atoms with Crippen LogP contribution in [0.2, 0.25) is 0 Å². The number of rotatable bonds is 10. The van der Waals surface area contributed by atoms with Gasteiger partial charge in [0, 0.05) is 30.9 Å². The van der Waals surface area contributed by atoms with Crippen molar-refractivity contribution in [1.82, 2.24) is 10.2 Å². The first-order valence-corrected chi connectivity index (χ1v) is 12.3. The van der Waals surface area contributed by atoms with Crippen LogP contribution in [0, 0.1) is 0 Å². The third-order valence-electron chi connectivity index (χ3n) is 5.37. The summed E-state index contributed by atoms with van der Waals surface area (Å²) in [5.41, 5.74) is 1.82. The van der Waals surface area contributed by atoms with Crippen LogP contribution in [-0.4, -0.2) is 65.7 Å². The topological polar surface area (TPSA) is 97.0 Å². The Labute approximate surface area is 190 Å². The predicted octanol–water partition coefficient (Wildman–Crippen LogP) is 2.51. The molecule has 1 aliphatic heterocycles. The zero-order chi connectivity index (χ0) is 23.0. The fourth-order valence-electron chi connectivity index (χ4n) is 3.48. The number of hydrogen-bond acceptors (Lipinski definition) is 6. The fourth-order valence-corrected chi connectivity index (χ4v) is 4.73. The summed E-state index contributed by atoms with van der Waals surface area (Å²) in [5, 5.41) is 2.86. The van der Waals surface area contributed by atoms with Gasteiger partial charge in [0.1, 0.15) is 10.6 Å². The highest BCUT2D eigenvalue weighted by molar-refractivity contribution is 7.92. The minimum atomic E-state index is -3.94. The molecule has 0 radical (unpaired) electrons. The molecule has 1 aliphatic rings. The highest BCUT2D eigenvalue weighted by Crippen LogP contribution is 2.27. The minimum Gasteiger partial charge on any atom is -0.495 e. The van der Waals surface area contributed by atoms with Crippen molar-refractivity contribution in [3.05, 3.63) is 53.6 Å². The summed E-state index contributed by atoms with van der Waals surface area (Å²) in [4.78, 5) is 14.8. The van der Waals surface area contributed by atoms with Crippen molar-refractivity contribution in [1.29, 1.82) is 0 Å². The monoisotopic (exact) mass is 461 g/mol. The first kappa shape index (κ1) is 24.0. The molecule has 3 rings (SSSR count). The molecule has 1 fully saturated rings. The maximum atomic E-state index is 13.0. The lowest BCUT2D eigenvalue weighted by molar-refractivity contribution is 0.0374. The van der Waals surface area contributed by atoms with Gasteiger partial charge in [0.15, 0.2) is 0 Å². The number of amides is 1. The summed E-state index contributed by atoms with van der Waals surface area (Å²) in [5.74, 6) is -0.148. The number of ether oxygens (including phenoxy) is 2. The number of sulfonamides is 1. The molecule has 2 N–H and O–H groups in total. The molecule has 9 heteroatoms. The van der Waals surface area contributed by atoms with E-state index in [4.69, 9.17) is 9.47 Å². The number of morpholine rings is 1. The molecule has 0 spiro atoms. The molecule has 174 valence electrons. The van der Waals surface area contributed by atoms with Crippen molar-refractivity contribution in [2.75, 3.05) is 51.2 Å². The zero-order valence-electron chi connectivity index (χ0n) is 18.6. The van der Waals surface area contributed by atoms with E-state index in [1.807, 2.05) is 19.1 Å². The zero-order valence-corrected chi connectivity index (χ0v) is 19.4. The van der Waals surface area contributed by atoms with Crippen molar-refractivity contribution in [3.8, 4) is 5.75 Å². The first-order chi connectivity index (χ1) is 15.4. The molecule has 0 unspecified atom stereocenters. The molecule has 2 aromatic rings. The van der Waals surface area contributed by atoms with Crippen LogP contribution in [0.3, 0.4) is 0 Å². The van der Waals surface area contributed by atoms with Crippen molar-refractivity contribution in [3.63, 3.8) is 0 Å². The highest BCUT2D eigenvalue weighted by Gasteiger charge is 2.22. The molecule has 2 aromatic carbocycles. The number of carbonyl (C=O) groups excluding carboxylic acids is 1. The molecule has 0 atom stereocenters. The van der Waals surface area contributed by atoms with E-state index in [-0.39, 0.29) is 22.1 Å². The number of anilines is 1. The van der Waals surface area contributed by atoms with E-state index in [1.165, 1.54) is 19.2 Å². The van der Waals surface area contributed by atoms with Gasteiger partial charge in [0.05, 0.1) is 20.3 Å². The van der Waals surface area contributed by atoms with Crippen molar-refractivity contribution >= 4 is 21.6 Å². The number of aryl methyl sites for hydroxylation is 1. The number of carbonyl (C=O) groups is 1. The summed E-state index contributed by atoms with van der Waals surface area (Å²) in [6, 6.07) is 11.6. The average Bonchev–Trinajstić information content (AvgIpc) is 2.82. The molecule has 32 heavy (non-hydrogen) atoms. The molecule has 0 aliphatic carbocycles. The largest absolute Gasteiger partial charge is 0.495 e. The van der Waals surface area contributed by atoms with Gasteiger partial charge in [-0.15, -0.1) is 0 Å². The second-order valence-electron chi connectivity index (χ2n) is 7.59. The quantitative estimate of drug-likeness (QED) is 0.528. The minimum absolute atomic E-state index is 0.0828. The Morgan fingerprint density at radius 2 is 1.84 bits per heavy atom. The summed E-state index contributed by atoms with van der Waals surface area (Å²) in [7, 11) is -2.55. The Morgan fingerprint density at radius 1 is 1.12 bits per heavy atom. The SMILES string of the molecule is CCc1ccc(NS(=O)(=O)c2cc(C(=O)NCCCN3CCOCC3)ccc2OC)cc1. The summed E-state index contributed by atoms with van der Waals surface area (Å²) in [6.07, 6.45) is 1.67. The third-order valence-corrected chi connectivity index (χ3v) is 6.77. The van der Waals surface area contributed by atoms with Crippen LogP contribution in [0.4, 0.5) is 5.69 Å². The van der Waals surface area contributed by atoms with E-state index in [1.54, 1.807) is 18.2 Å². The maximum Gasteiger partial charge on any atom is 0.265 e. The molecular weight excluding hydrogens is 430 g/mol. The Balaban J connectivity index is 1.66. The second kappa shape index (κ2) is 11.3. The number of nitrogens with zero attached hydrogens (tertiary/aromatic N) is 1. The maximum absolute atomic E-state index is 13.0. The lowest BCUT2D eigenvalue weighted by Gasteiger charge is -2.26. The molecule has 0 aromatic heterocycles. The Bertz CT molecular complexity index is 1000. The van der Waals surface area contributed by atoms with E-state index < -0.39 is 10.0 Å². The highest BCUT2D eigenvalue weighted by atomic mass is 32.2. The van der Waals surface area contributed by atoms with Crippen molar-refractivity contribution < 1.29 is 22.7 Å². The number of benzene rings is 2. The lowest BCUT2D eigenvalue weighted by atomic mass is 10.2. The molecule has 8 nitrogen and oxygen atoms in total. The number of methoxy groups -OCH3 is 1. The van der Waals surface area contributed by atoms with Gasteiger partial charge in [-0.25, -0.2) is 8.42 Å². The van der Waals surface area contributed by atoms with Gasteiger partial charge in [-0.05, 0) is 55.3 Å². The van der Waals surface area contributed by atoms with Crippen molar-refractivity contribution in [2.24, 2.45) is 0 Å². The normalized spacial score (nSPS) is 14.7. The molecular formula is C23H31N3O5S. The lowest BCUT2D eigenvalue weighted by Crippen LogP contribution is -2.38.